The van der Waals surface area contributed by atoms with Gasteiger partial charge in [-0.3, -0.25) is 0 Å². The van der Waals surface area contributed by atoms with Crippen LogP contribution in [-0.4, -0.2) is 30.0 Å². The standard InChI is InChI=1S/C18H28BrNO3/c1-13(2)18(12-21,10-14-6-8-15(19)9-7-14)11-20-16(22)23-17(3,4)5/h6-9,13,21H,10-12H2,1-5H3,(H,20,22). The van der Waals surface area contributed by atoms with E-state index in [1.165, 1.54) is 0 Å². The number of nitrogens with one attached hydrogen (secondary N) is 1. The average molecular weight is 386 g/mol. The van der Waals surface area contributed by atoms with Crippen molar-refractivity contribution in [2.75, 3.05) is 13.2 Å². The van der Waals surface area contributed by atoms with Crippen molar-refractivity contribution >= 4 is 22.0 Å². The molecule has 0 bridgehead atoms. The summed E-state index contributed by atoms with van der Waals surface area (Å²) in [5.41, 5.74) is 0.169. The number of carbonyl (C=O) groups excluding carboxylic acids is 1. The number of rotatable bonds is 6. The van der Waals surface area contributed by atoms with Gasteiger partial charge in [0.05, 0.1) is 6.61 Å². The summed E-state index contributed by atoms with van der Waals surface area (Å²) in [4.78, 5) is 11.9. The van der Waals surface area contributed by atoms with Gasteiger partial charge in [-0.05, 0) is 50.8 Å². The monoisotopic (exact) mass is 385 g/mol. The minimum Gasteiger partial charge on any atom is -0.444 e. The molecule has 0 spiro atoms. The third kappa shape index (κ3) is 6.51. The predicted molar refractivity (Wildman–Crippen MR) is 96.4 cm³/mol. The molecule has 2 N–H and O–H groups in total. The van der Waals surface area contributed by atoms with Gasteiger partial charge >= 0.3 is 6.09 Å². The molecular formula is C18H28BrNO3. The SMILES string of the molecule is CC(C)C(CO)(CNC(=O)OC(C)(C)C)Cc1ccc(Br)cc1. The molecule has 0 aromatic heterocycles. The van der Waals surface area contributed by atoms with Crippen LogP contribution < -0.4 is 5.32 Å². The lowest BCUT2D eigenvalue weighted by atomic mass is 9.73. The van der Waals surface area contributed by atoms with Crippen LogP contribution in [0.5, 0.6) is 0 Å². The molecule has 0 aliphatic carbocycles. The largest absolute Gasteiger partial charge is 0.444 e. The zero-order chi connectivity index (χ0) is 17.7. The van der Waals surface area contributed by atoms with Gasteiger partial charge in [0.25, 0.3) is 0 Å². The highest BCUT2D eigenvalue weighted by Gasteiger charge is 2.34. The predicted octanol–water partition coefficient (Wildman–Crippen LogP) is 4.15. The summed E-state index contributed by atoms with van der Waals surface area (Å²) in [5.74, 6) is 0.200. The number of aliphatic hydroxyl groups excluding tert-OH is 1. The van der Waals surface area contributed by atoms with Crippen molar-refractivity contribution in [2.24, 2.45) is 11.3 Å². The fourth-order valence-electron chi connectivity index (χ4n) is 2.34. The molecule has 1 amide bonds. The second-order valence-corrected chi connectivity index (χ2v) is 8.25. The van der Waals surface area contributed by atoms with Crippen LogP contribution in [0.2, 0.25) is 0 Å². The maximum atomic E-state index is 11.9. The zero-order valence-electron chi connectivity index (χ0n) is 14.6. The normalized spacial score (nSPS) is 14.4. The van der Waals surface area contributed by atoms with Crippen LogP contribution in [0, 0.1) is 11.3 Å². The smallest absolute Gasteiger partial charge is 0.407 e. The van der Waals surface area contributed by atoms with Crippen LogP contribution in [0.25, 0.3) is 0 Å². The van der Waals surface area contributed by atoms with Crippen molar-refractivity contribution in [1.82, 2.24) is 5.32 Å². The molecule has 1 aromatic carbocycles. The Hall–Kier alpha value is -1.07. The number of hydrogen-bond donors (Lipinski definition) is 2. The first-order valence-electron chi connectivity index (χ1n) is 7.90. The number of halogens is 1. The summed E-state index contributed by atoms with van der Waals surface area (Å²) in [6.07, 6.45) is 0.233. The Morgan fingerprint density at radius 1 is 1.26 bits per heavy atom. The number of carbonyl (C=O) groups is 1. The maximum absolute atomic E-state index is 11.9. The molecule has 0 aliphatic rings. The van der Waals surface area contributed by atoms with E-state index in [1.54, 1.807) is 0 Å². The van der Waals surface area contributed by atoms with E-state index in [1.807, 2.05) is 45.0 Å². The molecule has 1 atom stereocenters. The molecule has 0 heterocycles. The molecule has 0 aliphatic heterocycles. The first-order valence-corrected chi connectivity index (χ1v) is 8.69. The van der Waals surface area contributed by atoms with Crippen LogP contribution in [-0.2, 0) is 11.2 Å². The molecule has 23 heavy (non-hydrogen) atoms. The fourth-order valence-corrected chi connectivity index (χ4v) is 2.60. The van der Waals surface area contributed by atoms with Gasteiger partial charge in [-0.1, -0.05) is 41.9 Å². The highest BCUT2D eigenvalue weighted by atomic mass is 79.9. The number of aliphatic hydroxyl groups is 1. The summed E-state index contributed by atoms with van der Waals surface area (Å²) < 4.78 is 6.31. The third-order valence-corrected chi connectivity index (χ3v) is 4.52. The van der Waals surface area contributed by atoms with Crippen LogP contribution in [0.4, 0.5) is 4.79 Å². The molecular weight excluding hydrogens is 358 g/mol. The Morgan fingerprint density at radius 2 is 1.83 bits per heavy atom. The van der Waals surface area contributed by atoms with E-state index >= 15 is 0 Å². The second-order valence-electron chi connectivity index (χ2n) is 7.33. The van der Waals surface area contributed by atoms with E-state index in [4.69, 9.17) is 4.74 Å². The van der Waals surface area contributed by atoms with Gasteiger partial charge in [-0.2, -0.15) is 0 Å². The maximum Gasteiger partial charge on any atom is 0.407 e. The minimum absolute atomic E-state index is 0.00344. The molecule has 5 heteroatoms. The zero-order valence-corrected chi connectivity index (χ0v) is 16.2. The van der Waals surface area contributed by atoms with Crippen LogP contribution >= 0.6 is 15.9 Å². The van der Waals surface area contributed by atoms with Crippen LogP contribution in [0.1, 0.15) is 40.2 Å². The Kier molecular flexibility index (Phi) is 7.08. The highest BCUT2D eigenvalue weighted by molar-refractivity contribution is 9.10. The molecule has 1 rings (SSSR count). The lowest BCUT2D eigenvalue weighted by molar-refractivity contribution is 0.0394. The number of alkyl carbamates (subject to hydrolysis) is 1. The van der Waals surface area contributed by atoms with E-state index < -0.39 is 17.1 Å². The molecule has 0 radical (unpaired) electrons. The Labute approximate surface area is 147 Å². The minimum atomic E-state index is -0.532. The topological polar surface area (TPSA) is 58.6 Å². The molecule has 0 fully saturated rings. The van der Waals surface area contributed by atoms with E-state index in [9.17, 15) is 9.90 Å². The number of amides is 1. The number of hydrogen-bond acceptors (Lipinski definition) is 3. The van der Waals surface area contributed by atoms with Crippen molar-refractivity contribution in [2.45, 2.75) is 46.6 Å². The van der Waals surface area contributed by atoms with E-state index in [0.717, 1.165) is 10.0 Å². The number of benzene rings is 1. The van der Waals surface area contributed by atoms with Crippen molar-refractivity contribution in [1.29, 1.82) is 0 Å². The van der Waals surface area contributed by atoms with Gasteiger partial charge in [-0.25, -0.2) is 4.79 Å². The average Bonchev–Trinajstić information content (AvgIpc) is 2.43. The van der Waals surface area contributed by atoms with Gasteiger partial charge in [-0.15, -0.1) is 0 Å². The van der Waals surface area contributed by atoms with Crippen molar-refractivity contribution < 1.29 is 14.6 Å². The second kappa shape index (κ2) is 8.15. The van der Waals surface area contributed by atoms with Gasteiger partial charge in [0, 0.05) is 16.4 Å². The quantitative estimate of drug-likeness (QED) is 0.772. The first-order chi connectivity index (χ1) is 10.6. The van der Waals surface area contributed by atoms with Gasteiger partial charge in [0.2, 0.25) is 0 Å². The summed E-state index contributed by atoms with van der Waals surface area (Å²) in [6.45, 7) is 9.98. The van der Waals surface area contributed by atoms with Crippen LogP contribution in [0.15, 0.2) is 28.7 Å². The molecule has 1 aromatic rings. The number of ether oxygens (including phenoxy) is 1. The molecule has 130 valence electrons. The summed E-state index contributed by atoms with van der Waals surface area (Å²) in [5, 5.41) is 12.8. The fraction of sp³-hybridized carbons (Fsp3) is 0.611. The van der Waals surface area contributed by atoms with E-state index in [-0.39, 0.29) is 12.5 Å². The molecule has 1 unspecified atom stereocenters. The van der Waals surface area contributed by atoms with Crippen LogP contribution in [0.3, 0.4) is 0 Å². The van der Waals surface area contributed by atoms with Gasteiger partial charge in [0.15, 0.2) is 0 Å². The molecule has 0 saturated carbocycles. The van der Waals surface area contributed by atoms with Crippen molar-refractivity contribution in [3.63, 3.8) is 0 Å². The summed E-state index contributed by atoms with van der Waals surface area (Å²) in [6, 6.07) is 8.03. The Morgan fingerprint density at radius 3 is 2.26 bits per heavy atom. The van der Waals surface area contributed by atoms with Crippen molar-refractivity contribution in [3.05, 3.63) is 34.3 Å². The van der Waals surface area contributed by atoms with Crippen molar-refractivity contribution in [3.8, 4) is 0 Å². The van der Waals surface area contributed by atoms with Gasteiger partial charge in [0.1, 0.15) is 5.60 Å². The molecule has 4 nitrogen and oxygen atoms in total. The lowest BCUT2D eigenvalue weighted by Gasteiger charge is -2.36. The summed E-state index contributed by atoms with van der Waals surface area (Å²) in [7, 11) is 0. The lowest BCUT2D eigenvalue weighted by Crippen LogP contribution is -2.46. The third-order valence-electron chi connectivity index (χ3n) is 3.99. The first kappa shape index (κ1) is 20.0. The van der Waals surface area contributed by atoms with Gasteiger partial charge < -0.3 is 15.2 Å². The summed E-state index contributed by atoms with van der Waals surface area (Å²) >= 11 is 3.43. The van der Waals surface area contributed by atoms with E-state index in [0.29, 0.717) is 13.0 Å². The Bertz CT molecular complexity index is 508. The van der Waals surface area contributed by atoms with E-state index in [2.05, 4.69) is 35.1 Å². The highest BCUT2D eigenvalue weighted by Crippen LogP contribution is 2.31. The molecule has 0 saturated heterocycles. The Balaban J connectivity index is 2.82.